The van der Waals surface area contributed by atoms with Crippen molar-refractivity contribution in [1.29, 1.82) is 0 Å². The summed E-state index contributed by atoms with van der Waals surface area (Å²) >= 11 is 0. The Bertz CT molecular complexity index is 305. The second-order valence-corrected chi connectivity index (χ2v) is 6.07. The van der Waals surface area contributed by atoms with Crippen molar-refractivity contribution >= 4 is 5.91 Å². The van der Waals surface area contributed by atoms with E-state index in [0.717, 1.165) is 37.6 Å². The van der Waals surface area contributed by atoms with Crippen molar-refractivity contribution in [2.24, 2.45) is 11.8 Å². The van der Waals surface area contributed by atoms with Crippen LogP contribution in [0.4, 0.5) is 0 Å². The third-order valence-corrected chi connectivity index (χ3v) is 4.57. The standard InChI is InChI=1S/C14H26N2O/c1-5-7-12-15-14(4,6-2)13(17)16(12)9-11-8-10(11)3/h10-12,15H,5-9H2,1-4H3. The third kappa shape index (κ3) is 2.35. The lowest BCUT2D eigenvalue weighted by molar-refractivity contribution is -0.133. The zero-order valence-electron chi connectivity index (χ0n) is 11.6. The van der Waals surface area contributed by atoms with Crippen LogP contribution in [-0.2, 0) is 4.79 Å². The first-order valence-electron chi connectivity index (χ1n) is 7.10. The molecule has 17 heavy (non-hydrogen) atoms. The smallest absolute Gasteiger partial charge is 0.243 e. The molecule has 0 radical (unpaired) electrons. The second-order valence-electron chi connectivity index (χ2n) is 6.07. The highest BCUT2D eigenvalue weighted by Gasteiger charge is 2.48. The molecule has 1 saturated carbocycles. The number of nitrogens with zero attached hydrogens (tertiary/aromatic N) is 1. The van der Waals surface area contributed by atoms with Gasteiger partial charge in [0.05, 0.1) is 11.7 Å². The predicted molar refractivity (Wildman–Crippen MR) is 69.5 cm³/mol. The number of rotatable bonds is 5. The van der Waals surface area contributed by atoms with Gasteiger partial charge in [-0.3, -0.25) is 10.1 Å². The fourth-order valence-electron chi connectivity index (χ4n) is 2.84. The van der Waals surface area contributed by atoms with Crippen LogP contribution >= 0.6 is 0 Å². The van der Waals surface area contributed by atoms with Crippen LogP contribution in [0.5, 0.6) is 0 Å². The monoisotopic (exact) mass is 238 g/mol. The van der Waals surface area contributed by atoms with Crippen molar-refractivity contribution in [2.75, 3.05) is 6.54 Å². The topological polar surface area (TPSA) is 32.3 Å². The van der Waals surface area contributed by atoms with Gasteiger partial charge in [-0.15, -0.1) is 0 Å². The summed E-state index contributed by atoms with van der Waals surface area (Å²) in [6.07, 6.45) is 4.64. The van der Waals surface area contributed by atoms with Crippen molar-refractivity contribution in [3.8, 4) is 0 Å². The number of carbonyl (C=O) groups excluding carboxylic acids is 1. The van der Waals surface area contributed by atoms with Crippen LogP contribution < -0.4 is 5.32 Å². The molecule has 1 amide bonds. The molecule has 3 nitrogen and oxygen atoms in total. The summed E-state index contributed by atoms with van der Waals surface area (Å²) < 4.78 is 0. The normalized spacial score (nSPS) is 41.1. The summed E-state index contributed by atoms with van der Waals surface area (Å²) in [5.74, 6) is 1.88. The molecule has 0 aromatic rings. The molecule has 0 aromatic heterocycles. The van der Waals surface area contributed by atoms with Gasteiger partial charge in [0.2, 0.25) is 5.91 Å². The maximum absolute atomic E-state index is 12.5. The summed E-state index contributed by atoms with van der Waals surface area (Å²) in [5, 5.41) is 3.54. The van der Waals surface area contributed by atoms with Crippen molar-refractivity contribution < 1.29 is 4.79 Å². The Morgan fingerprint density at radius 1 is 1.47 bits per heavy atom. The quantitative estimate of drug-likeness (QED) is 0.797. The summed E-state index contributed by atoms with van der Waals surface area (Å²) in [4.78, 5) is 14.6. The SMILES string of the molecule is CCCC1NC(C)(CC)C(=O)N1CC1CC1C. The van der Waals surface area contributed by atoms with Gasteiger partial charge in [0, 0.05) is 6.54 Å². The molecule has 0 spiro atoms. The average Bonchev–Trinajstić information content (AvgIpc) is 2.94. The van der Waals surface area contributed by atoms with Crippen molar-refractivity contribution in [3.63, 3.8) is 0 Å². The molecule has 1 aliphatic heterocycles. The molecular weight excluding hydrogens is 212 g/mol. The Morgan fingerprint density at radius 3 is 2.59 bits per heavy atom. The van der Waals surface area contributed by atoms with Crippen LogP contribution in [0.15, 0.2) is 0 Å². The largest absolute Gasteiger partial charge is 0.325 e. The van der Waals surface area contributed by atoms with Gasteiger partial charge < -0.3 is 4.90 Å². The van der Waals surface area contributed by atoms with Gasteiger partial charge in [-0.2, -0.15) is 0 Å². The van der Waals surface area contributed by atoms with Crippen LogP contribution in [-0.4, -0.2) is 29.1 Å². The highest BCUT2D eigenvalue weighted by Crippen LogP contribution is 2.40. The Hall–Kier alpha value is -0.570. The summed E-state index contributed by atoms with van der Waals surface area (Å²) in [6.45, 7) is 9.58. The Kier molecular flexibility index (Phi) is 3.48. The Balaban J connectivity index is 2.06. The van der Waals surface area contributed by atoms with Gasteiger partial charge >= 0.3 is 0 Å². The van der Waals surface area contributed by atoms with Gasteiger partial charge in [0.15, 0.2) is 0 Å². The molecule has 4 atom stereocenters. The van der Waals surface area contributed by atoms with Crippen LogP contribution in [0.2, 0.25) is 0 Å². The molecule has 98 valence electrons. The first kappa shape index (κ1) is 12.9. The Morgan fingerprint density at radius 2 is 2.12 bits per heavy atom. The van der Waals surface area contributed by atoms with E-state index in [1.807, 2.05) is 6.92 Å². The zero-order chi connectivity index (χ0) is 12.6. The molecule has 0 aromatic carbocycles. The fraction of sp³-hybridized carbons (Fsp3) is 0.929. The van der Waals surface area contributed by atoms with Gasteiger partial charge in [-0.1, -0.05) is 27.2 Å². The van der Waals surface area contributed by atoms with Crippen molar-refractivity contribution in [2.45, 2.75) is 65.1 Å². The van der Waals surface area contributed by atoms with E-state index in [9.17, 15) is 4.79 Å². The number of amides is 1. The van der Waals surface area contributed by atoms with E-state index in [0.29, 0.717) is 5.91 Å². The molecular formula is C14H26N2O. The van der Waals surface area contributed by atoms with Gasteiger partial charge in [0.1, 0.15) is 0 Å². The lowest BCUT2D eigenvalue weighted by atomic mass is 9.99. The second kappa shape index (κ2) is 4.60. The molecule has 1 heterocycles. The van der Waals surface area contributed by atoms with Crippen molar-refractivity contribution in [3.05, 3.63) is 0 Å². The zero-order valence-corrected chi connectivity index (χ0v) is 11.6. The van der Waals surface area contributed by atoms with Crippen LogP contribution in [0.25, 0.3) is 0 Å². The van der Waals surface area contributed by atoms with Crippen LogP contribution in [0.3, 0.4) is 0 Å². The van der Waals surface area contributed by atoms with E-state index < -0.39 is 0 Å². The van der Waals surface area contributed by atoms with E-state index in [4.69, 9.17) is 0 Å². The number of nitrogens with one attached hydrogen (secondary N) is 1. The lowest BCUT2D eigenvalue weighted by Gasteiger charge is -2.24. The minimum atomic E-state index is -0.321. The van der Waals surface area contributed by atoms with Crippen LogP contribution in [0.1, 0.15) is 53.4 Å². The molecule has 0 bridgehead atoms. The van der Waals surface area contributed by atoms with Crippen LogP contribution in [0, 0.1) is 11.8 Å². The molecule has 3 heteroatoms. The number of hydrogen-bond donors (Lipinski definition) is 1. The summed E-state index contributed by atoms with van der Waals surface area (Å²) in [6, 6.07) is 0. The molecule has 1 N–H and O–H groups in total. The van der Waals surface area contributed by atoms with Gasteiger partial charge in [-0.05, 0) is 38.0 Å². The van der Waals surface area contributed by atoms with E-state index >= 15 is 0 Å². The Labute approximate surface area is 105 Å². The number of carbonyl (C=O) groups is 1. The molecule has 1 aliphatic carbocycles. The van der Waals surface area contributed by atoms with E-state index in [-0.39, 0.29) is 11.7 Å². The van der Waals surface area contributed by atoms with E-state index in [1.54, 1.807) is 0 Å². The van der Waals surface area contributed by atoms with Gasteiger partial charge in [-0.25, -0.2) is 0 Å². The highest BCUT2D eigenvalue weighted by atomic mass is 16.2. The molecule has 1 saturated heterocycles. The predicted octanol–water partition coefficient (Wildman–Crippen LogP) is 2.37. The summed E-state index contributed by atoms with van der Waals surface area (Å²) in [7, 11) is 0. The maximum Gasteiger partial charge on any atom is 0.243 e. The van der Waals surface area contributed by atoms with E-state index in [2.05, 4.69) is 31.0 Å². The molecule has 2 aliphatic rings. The molecule has 2 rings (SSSR count). The van der Waals surface area contributed by atoms with Crippen molar-refractivity contribution in [1.82, 2.24) is 10.2 Å². The minimum absolute atomic E-state index is 0.269. The lowest BCUT2D eigenvalue weighted by Crippen LogP contribution is -2.43. The number of hydrogen-bond acceptors (Lipinski definition) is 2. The highest BCUT2D eigenvalue weighted by molar-refractivity contribution is 5.88. The van der Waals surface area contributed by atoms with Gasteiger partial charge in [0.25, 0.3) is 0 Å². The minimum Gasteiger partial charge on any atom is -0.325 e. The summed E-state index contributed by atoms with van der Waals surface area (Å²) in [5.41, 5.74) is -0.321. The third-order valence-electron chi connectivity index (χ3n) is 4.57. The van der Waals surface area contributed by atoms with E-state index in [1.165, 1.54) is 6.42 Å². The maximum atomic E-state index is 12.5. The first-order chi connectivity index (χ1) is 8.01. The fourth-order valence-corrected chi connectivity index (χ4v) is 2.84. The average molecular weight is 238 g/mol. The molecule has 4 unspecified atom stereocenters. The molecule has 2 fully saturated rings. The first-order valence-corrected chi connectivity index (χ1v) is 7.10.